The van der Waals surface area contributed by atoms with E-state index in [1.54, 1.807) is 34.6 Å². The Labute approximate surface area is 275 Å². The smallest absolute Gasteiger partial charge is 0.434 e. The van der Waals surface area contributed by atoms with E-state index in [1.165, 1.54) is 42.3 Å². The average Bonchev–Trinajstić information content (AvgIpc) is 3.74. The highest BCUT2D eigenvalue weighted by Gasteiger charge is 2.36. The number of alkyl halides is 3. The standard InChI is InChI=1S/C30H34F3N9O5S/c1-17(2)41-14-21(30(31,32)33)38-25(41)20-9-7-18(8-10-20)13-42(48(44,45)40-28(43)47-29(3,4)5)27-37-16-35-24(39-27)22-23(19-11-12-19)34-15-36-26(22)46-6/h7-10,14-17,19H,11-13H2,1-6H3,(H,40,43). The Bertz CT molecular complexity index is 1910. The number of nitrogens with zero attached hydrogens (tertiary/aromatic N) is 8. The number of hydrogen-bond acceptors (Lipinski definition) is 11. The van der Waals surface area contributed by atoms with Crippen molar-refractivity contribution in [2.24, 2.45) is 0 Å². The zero-order valence-electron chi connectivity index (χ0n) is 27.0. The molecule has 1 fully saturated rings. The van der Waals surface area contributed by atoms with Gasteiger partial charge in [-0.1, -0.05) is 24.3 Å². The second-order valence-electron chi connectivity index (χ2n) is 12.3. The Hall–Kier alpha value is -4.87. The van der Waals surface area contributed by atoms with E-state index in [4.69, 9.17) is 9.47 Å². The number of amides is 1. The van der Waals surface area contributed by atoms with Gasteiger partial charge in [-0.2, -0.15) is 26.6 Å². The predicted octanol–water partition coefficient (Wildman–Crippen LogP) is 5.45. The molecule has 3 heterocycles. The predicted molar refractivity (Wildman–Crippen MR) is 167 cm³/mol. The quantitative estimate of drug-likeness (QED) is 0.225. The van der Waals surface area contributed by atoms with Crippen molar-refractivity contribution < 1.29 is 35.9 Å². The molecular weight excluding hydrogens is 655 g/mol. The molecule has 1 saturated carbocycles. The number of benzene rings is 1. The van der Waals surface area contributed by atoms with Crippen molar-refractivity contribution in [3.05, 3.63) is 60.1 Å². The van der Waals surface area contributed by atoms with Crippen LogP contribution in [0.3, 0.4) is 0 Å². The largest absolute Gasteiger partial charge is 0.480 e. The van der Waals surface area contributed by atoms with Gasteiger partial charge in [0.15, 0.2) is 11.5 Å². The van der Waals surface area contributed by atoms with Gasteiger partial charge in [-0.05, 0) is 53.0 Å². The molecular formula is C30H34F3N9O5S. The van der Waals surface area contributed by atoms with Crippen LogP contribution in [-0.4, -0.2) is 61.7 Å². The number of aromatic nitrogens is 7. The minimum atomic E-state index is -4.72. The van der Waals surface area contributed by atoms with E-state index in [2.05, 4.69) is 29.9 Å². The third kappa shape index (κ3) is 7.80. The maximum absolute atomic E-state index is 13.7. The highest BCUT2D eigenvalue weighted by molar-refractivity contribution is 7.91. The van der Waals surface area contributed by atoms with E-state index in [0.29, 0.717) is 22.4 Å². The van der Waals surface area contributed by atoms with E-state index in [0.717, 1.165) is 29.7 Å². The molecule has 0 spiro atoms. The summed E-state index contributed by atoms with van der Waals surface area (Å²) in [4.78, 5) is 37.8. The highest BCUT2D eigenvalue weighted by Crippen LogP contribution is 2.45. The molecule has 0 atom stereocenters. The van der Waals surface area contributed by atoms with Crippen molar-refractivity contribution >= 4 is 22.3 Å². The van der Waals surface area contributed by atoms with Crippen LogP contribution in [0.15, 0.2) is 43.1 Å². The molecule has 1 aliphatic rings. The Morgan fingerprint density at radius 2 is 1.71 bits per heavy atom. The monoisotopic (exact) mass is 689 g/mol. The molecule has 3 aromatic heterocycles. The van der Waals surface area contributed by atoms with Crippen LogP contribution < -0.4 is 13.8 Å². The van der Waals surface area contributed by atoms with Gasteiger partial charge in [0, 0.05) is 23.7 Å². The maximum atomic E-state index is 13.7. The fraction of sp³-hybridized carbons (Fsp3) is 0.433. The lowest BCUT2D eigenvalue weighted by molar-refractivity contribution is -0.140. The number of hydrogen-bond donors (Lipinski definition) is 1. The Morgan fingerprint density at radius 1 is 1.04 bits per heavy atom. The molecule has 1 N–H and O–H groups in total. The summed E-state index contributed by atoms with van der Waals surface area (Å²) in [5.41, 5.74) is -0.256. The van der Waals surface area contributed by atoms with Gasteiger partial charge in [-0.15, -0.1) is 0 Å². The SMILES string of the molecule is COc1ncnc(C2CC2)c1-c1ncnc(N(Cc2ccc(-c3nc(C(F)(F)F)cn3C(C)C)cc2)S(=O)(=O)NC(=O)OC(C)(C)C)n1. The molecule has 4 aromatic rings. The number of carbonyl (C=O) groups is 1. The number of anilines is 1. The molecule has 1 aliphatic carbocycles. The van der Waals surface area contributed by atoms with Gasteiger partial charge in [0.2, 0.25) is 11.8 Å². The fourth-order valence-corrected chi connectivity index (χ4v) is 5.71. The summed E-state index contributed by atoms with van der Waals surface area (Å²) in [7, 11) is -3.29. The molecule has 1 amide bonds. The van der Waals surface area contributed by atoms with E-state index >= 15 is 0 Å². The second-order valence-corrected chi connectivity index (χ2v) is 13.9. The Kier molecular flexibility index (Phi) is 9.31. The third-order valence-corrected chi connectivity index (χ3v) is 8.32. The van der Waals surface area contributed by atoms with Crippen molar-refractivity contribution in [2.75, 3.05) is 11.4 Å². The van der Waals surface area contributed by atoms with Crippen LogP contribution in [0.1, 0.15) is 76.4 Å². The average molecular weight is 690 g/mol. The van der Waals surface area contributed by atoms with Crippen LogP contribution in [-0.2, 0) is 27.7 Å². The highest BCUT2D eigenvalue weighted by atomic mass is 32.2. The molecule has 0 aliphatic heterocycles. The summed E-state index contributed by atoms with van der Waals surface area (Å²) in [6.45, 7) is 7.79. The molecule has 256 valence electrons. The lowest BCUT2D eigenvalue weighted by atomic mass is 10.1. The van der Waals surface area contributed by atoms with E-state index < -0.39 is 40.3 Å². The molecule has 0 saturated heterocycles. The molecule has 5 rings (SSSR count). The number of methoxy groups -OCH3 is 1. The summed E-state index contributed by atoms with van der Waals surface area (Å²) in [5.74, 6) is 0.107. The summed E-state index contributed by atoms with van der Waals surface area (Å²) in [6, 6.07) is 5.78. The molecule has 0 unspecified atom stereocenters. The molecule has 18 heteroatoms. The number of ether oxygens (including phenoxy) is 2. The number of carbonyl (C=O) groups excluding carboxylic acids is 1. The molecule has 1 aromatic carbocycles. The molecule has 0 radical (unpaired) electrons. The third-order valence-electron chi connectivity index (χ3n) is 7.02. The number of imidazole rings is 1. The summed E-state index contributed by atoms with van der Waals surface area (Å²) >= 11 is 0. The van der Waals surface area contributed by atoms with Crippen molar-refractivity contribution in [3.8, 4) is 28.7 Å². The van der Waals surface area contributed by atoms with Crippen LogP contribution in [0, 0.1) is 0 Å². The first kappa shape index (κ1) is 34.5. The van der Waals surface area contributed by atoms with Gasteiger partial charge >= 0.3 is 22.5 Å². The van der Waals surface area contributed by atoms with E-state index in [9.17, 15) is 26.4 Å². The number of rotatable bonds is 10. The maximum Gasteiger partial charge on any atom is 0.434 e. The lowest BCUT2D eigenvalue weighted by Gasteiger charge is -2.25. The van der Waals surface area contributed by atoms with Gasteiger partial charge in [0.1, 0.15) is 29.6 Å². The van der Waals surface area contributed by atoms with Crippen LogP contribution in [0.4, 0.5) is 23.9 Å². The van der Waals surface area contributed by atoms with Crippen LogP contribution in [0.2, 0.25) is 0 Å². The zero-order valence-corrected chi connectivity index (χ0v) is 27.8. The van der Waals surface area contributed by atoms with Gasteiger partial charge in [-0.3, -0.25) is 0 Å². The topological polar surface area (TPSA) is 167 Å². The van der Waals surface area contributed by atoms with E-state index in [1.807, 2.05) is 4.72 Å². The first-order valence-electron chi connectivity index (χ1n) is 14.8. The zero-order chi connectivity index (χ0) is 35.0. The Morgan fingerprint density at radius 3 is 2.29 bits per heavy atom. The number of halogens is 3. The first-order valence-corrected chi connectivity index (χ1v) is 16.3. The van der Waals surface area contributed by atoms with Crippen molar-refractivity contribution in [2.45, 2.75) is 77.7 Å². The minimum Gasteiger partial charge on any atom is -0.480 e. The summed E-state index contributed by atoms with van der Waals surface area (Å²) in [6.07, 6.45) is -0.669. The lowest BCUT2D eigenvalue weighted by Crippen LogP contribution is -2.45. The second kappa shape index (κ2) is 13.0. The summed E-state index contributed by atoms with van der Waals surface area (Å²) in [5, 5.41) is 0. The Balaban J connectivity index is 1.54. The molecule has 48 heavy (non-hydrogen) atoms. The molecule has 0 bridgehead atoms. The van der Waals surface area contributed by atoms with Crippen molar-refractivity contribution in [1.82, 2.24) is 39.2 Å². The van der Waals surface area contributed by atoms with Gasteiger partial charge in [0.05, 0.1) is 19.3 Å². The van der Waals surface area contributed by atoms with Crippen LogP contribution >= 0.6 is 0 Å². The van der Waals surface area contributed by atoms with Crippen LogP contribution in [0.5, 0.6) is 5.88 Å². The normalized spacial score (nSPS) is 13.8. The van der Waals surface area contributed by atoms with Crippen molar-refractivity contribution in [1.29, 1.82) is 0 Å². The van der Waals surface area contributed by atoms with Crippen LogP contribution in [0.25, 0.3) is 22.8 Å². The minimum absolute atomic E-state index is 0.0492. The van der Waals surface area contributed by atoms with Gasteiger partial charge in [0.25, 0.3) is 0 Å². The van der Waals surface area contributed by atoms with Gasteiger partial charge in [-0.25, -0.2) is 38.7 Å². The first-order chi connectivity index (χ1) is 22.5. The van der Waals surface area contributed by atoms with Crippen molar-refractivity contribution in [3.63, 3.8) is 0 Å². The molecule has 14 nitrogen and oxygen atoms in total. The number of nitrogens with one attached hydrogen (secondary N) is 1. The fourth-order valence-electron chi connectivity index (χ4n) is 4.73. The summed E-state index contributed by atoms with van der Waals surface area (Å²) < 4.78 is 82.5. The van der Waals surface area contributed by atoms with Gasteiger partial charge < -0.3 is 14.0 Å². The van der Waals surface area contributed by atoms with E-state index in [-0.39, 0.29) is 35.4 Å².